The number of benzene rings is 1. The number of hydrogen-bond acceptors (Lipinski definition) is 5. The summed E-state index contributed by atoms with van der Waals surface area (Å²) in [6, 6.07) is 11.6. The van der Waals surface area contributed by atoms with Crippen LogP contribution in [-0.2, 0) is 4.79 Å². The van der Waals surface area contributed by atoms with Crippen molar-refractivity contribution in [3.63, 3.8) is 0 Å². The molecule has 0 saturated carbocycles. The van der Waals surface area contributed by atoms with Crippen molar-refractivity contribution >= 4 is 45.6 Å². The van der Waals surface area contributed by atoms with E-state index < -0.39 is 0 Å². The molecule has 3 rings (SSSR count). The van der Waals surface area contributed by atoms with E-state index in [1.165, 1.54) is 34.1 Å². The maximum Gasteiger partial charge on any atom is 0.225 e. The SMILES string of the molecule is CC(=O)N(C)c1nc(C=CC(=O)c2ccc(-c3cccs3)cc2)cs1. The molecule has 0 aliphatic carbocycles. The van der Waals surface area contributed by atoms with Gasteiger partial charge in [-0.25, -0.2) is 4.98 Å². The smallest absolute Gasteiger partial charge is 0.225 e. The summed E-state index contributed by atoms with van der Waals surface area (Å²) in [5.41, 5.74) is 2.40. The van der Waals surface area contributed by atoms with Crippen LogP contribution in [0.25, 0.3) is 16.5 Å². The van der Waals surface area contributed by atoms with Gasteiger partial charge in [0.2, 0.25) is 5.91 Å². The highest BCUT2D eigenvalue weighted by Crippen LogP contribution is 2.25. The van der Waals surface area contributed by atoms with Crippen LogP contribution in [0.5, 0.6) is 0 Å². The minimum atomic E-state index is -0.0770. The fourth-order valence-corrected chi connectivity index (χ4v) is 3.68. The van der Waals surface area contributed by atoms with E-state index in [9.17, 15) is 9.59 Å². The van der Waals surface area contributed by atoms with E-state index in [1.54, 1.807) is 24.5 Å². The second-order valence-corrected chi connectivity index (χ2v) is 7.17. The van der Waals surface area contributed by atoms with Gasteiger partial charge in [0.1, 0.15) is 0 Å². The van der Waals surface area contributed by atoms with Gasteiger partial charge in [-0.3, -0.25) is 14.5 Å². The van der Waals surface area contributed by atoms with Crippen LogP contribution >= 0.6 is 22.7 Å². The summed E-state index contributed by atoms with van der Waals surface area (Å²) in [7, 11) is 1.68. The Balaban J connectivity index is 1.69. The first-order valence-electron chi connectivity index (χ1n) is 7.61. The fraction of sp³-hybridized carbons (Fsp3) is 0.105. The average Bonchev–Trinajstić information content (AvgIpc) is 3.31. The molecule has 6 heteroatoms. The Bertz CT molecular complexity index is 909. The molecule has 0 aliphatic rings. The van der Waals surface area contributed by atoms with Gasteiger partial charge in [0.25, 0.3) is 0 Å². The molecule has 126 valence electrons. The Kier molecular flexibility index (Phi) is 5.21. The van der Waals surface area contributed by atoms with E-state index in [-0.39, 0.29) is 11.7 Å². The van der Waals surface area contributed by atoms with E-state index in [4.69, 9.17) is 0 Å². The summed E-state index contributed by atoms with van der Waals surface area (Å²) < 4.78 is 0. The highest BCUT2D eigenvalue weighted by Gasteiger charge is 2.09. The molecule has 2 heterocycles. The number of aromatic nitrogens is 1. The Labute approximate surface area is 154 Å². The Morgan fingerprint density at radius 3 is 2.52 bits per heavy atom. The molecule has 0 radical (unpaired) electrons. The van der Waals surface area contributed by atoms with Crippen LogP contribution in [0.15, 0.2) is 53.2 Å². The van der Waals surface area contributed by atoms with Crippen LogP contribution in [0.3, 0.4) is 0 Å². The van der Waals surface area contributed by atoms with Crippen molar-refractivity contribution in [1.82, 2.24) is 4.98 Å². The summed E-state index contributed by atoms with van der Waals surface area (Å²) in [6.07, 6.45) is 3.18. The monoisotopic (exact) mass is 368 g/mol. The molecule has 0 saturated heterocycles. The predicted octanol–water partition coefficient (Wildman–Crippen LogP) is 4.75. The van der Waals surface area contributed by atoms with Gasteiger partial charge in [0.15, 0.2) is 10.9 Å². The number of hydrogen-bond donors (Lipinski definition) is 0. The molecule has 0 spiro atoms. The lowest BCUT2D eigenvalue weighted by Crippen LogP contribution is -2.22. The Morgan fingerprint density at radius 2 is 1.88 bits per heavy atom. The zero-order chi connectivity index (χ0) is 17.8. The molecule has 0 atom stereocenters. The van der Waals surface area contributed by atoms with E-state index in [0.717, 1.165) is 5.56 Å². The van der Waals surface area contributed by atoms with Crippen LogP contribution < -0.4 is 4.90 Å². The summed E-state index contributed by atoms with van der Waals surface area (Å²) in [4.78, 5) is 30.6. The molecule has 0 unspecified atom stereocenters. The fourth-order valence-electron chi connectivity index (χ4n) is 2.14. The lowest BCUT2D eigenvalue weighted by atomic mass is 10.1. The van der Waals surface area contributed by atoms with Crippen LogP contribution in [0.1, 0.15) is 23.0 Å². The minimum absolute atomic E-state index is 0.0767. The summed E-state index contributed by atoms with van der Waals surface area (Å²) in [6.45, 7) is 1.49. The molecule has 0 aliphatic heterocycles. The number of amides is 1. The number of anilines is 1. The predicted molar refractivity (Wildman–Crippen MR) is 104 cm³/mol. The average molecular weight is 368 g/mol. The van der Waals surface area contributed by atoms with Gasteiger partial charge in [-0.1, -0.05) is 30.3 Å². The quantitative estimate of drug-likeness (QED) is 0.482. The number of rotatable bonds is 5. The molecule has 0 fully saturated rings. The highest BCUT2D eigenvalue weighted by atomic mass is 32.1. The largest absolute Gasteiger partial charge is 0.291 e. The van der Waals surface area contributed by atoms with Crippen molar-refractivity contribution in [3.8, 4) is 10.4 Å². The molecule has 0 bridgehead atoms. The van der Waals surface area contributed by atoms with Crippen LogP contribution in [-0.4, -0.2) is 23.7 Å². The van der Waals surface area contributed by atoms with Crippen molar-refractivity contribution in [1.29, 1.82) is 0 Å². The van der Waals surface area contributed by atoms with Crippen molar-refractivity contribution in [2.45, 2.75) is 6.92 Å². The maximum atomic E-state index is 12.3. The standard InChI is InChI=1S/C19H16N2O2S2/c1-13(22)21(2)19-20-16(12-25-19)9-10-17(23)14-5-7-15(8-6-14)18-4-3-11-24-18/h3-12H,1-2H3. The molecule has 4 nitrogen and oxygen atoms in total. The summed E-state index contributed by atoms with van der Waals surface area (Å²) in [5.74, 6) is -0.154. The van der Waals surface area contributed by atoms with E-state index in [2.05, 4.69) is 11.1 Å². The lowest BCUT2D eigenvalue weighted by Gasteiger charge is -2.09. The van der Waals surface area contributed by atoms with E-state index in [0.29, 0.717) is 16.4 Å². The Morgan fingerprint density at radius 1 is 1.12 bits per heavy atom. The number of ketones is 1. The number of thiazole rings is 1. The molecular formula is C19H16N2O2S2. The van der Waals surface area contributed by atoms with Crippen LogP contribution in [0, 0.1) is 0 Å². The second-order valence-electron chi connectivity index (χ2n) is 5.39. The minimum Gasteiger partial charge on any atom is -0.291 e. The summed E-state index contributed by atoms with van der Waals surface area (Å²) >= 11 is 3.04. The first-order chi connectivity index (χ1) is 12.0. The van der Waals surface area contributed by atoms with Crippen molar-refractivity contribution in [2.75, 3.05) is 11.9 Å². The van der Waals surface area contributed by atoms with E-state index in [1.807, 2.05) is 41.1 Å². The van der Waals surface area contributed by atoms with Crippen molar-refractivity contribution in [3.05, 3.63) is 64.5 Å². The van der Waals surface area contributed by atoms with Crippen LogP contribution in [0.2, 0.25) is 0 Å². The maximum absolute atomic E-state index is 12.3. The Hall–Kier alpha value is -2.57. The molecule has 2 aromatic heterocycles. The van der Waals surface area contributed by atoms with Gasteiger partial charge in [0.05, 0.1) is 5.69 Å². The molecule has 1 amide bonds. The number of carbonyl (C=O) groups is 2. The molecule has 25 heavy (non-hydrogen) atoms. The number of carbonyl (C=O) groups excluding carboxylic acids is 2. The normalized spacial score (nSPS) is 11.0. The van der Waals surface area contributed by atoms with E-state index >= 15 is 0 Å². The topological polar surface area (TPSA) is 50.3 Å². The molecule has 0 N–H and O–H groups in total. The van der Waals surface area contributed by atoms with Crippen molar-refractivity contribution < 1.29 is 9.59 Å². The third-order valence-electron chi connectivity index (χ3n) is 3.65. The first-order valence-corrected chi connectivity index (χ1v) is 9.36. The highest BCUT2D eigenvalue weighted by molar-refractivity contribution is 7.14. The first kappa shape index (κ1) is 17.3. The molecular weight excluding hydrogens is 352 g/mol. The molecule has 1 aromatic carbocycles. The second kappa shape index (κ2) is 7.55. The van der Waals surface area contributed by atoms with Gasteiger partial charge in [-0.2, -0.15) is 0 Å². The zero-order valence-corrected chi connectivity index (χ0v) is 15.4. The number of thiophene rings is 1. The zero-order valence-electron chi connectivity index (χ0n) is 13.8. The van der Waals surface area contributed by atoms with Gasteiger partial charge >= 0.3 is 0 Å². The molecule has 3 aromatic rings. The van der Waals surface area contributed by atoms with Gasteiger partial charge in [-0.15, -0.1) is 22.7 Å². The van der Waals surface area contributed by atoms with Gasteiger partial charge < -0.3 is 0 Å². The number of nitrogens with zero attached hydrogens (tertiary/aromatic N) is 2. The third kappa shape index (κ3) is 4.10. The summed E-state index contributed by atoms with van der Waals surface area (Å²) in [5, 5.41) is 4.46. The lowest BCUT2D eigenvalue weighted by molar-refractivity contribution is -0.116. The van der Waals surface area contributed by atoms with Crippen molar-refractivity contribution in [2.24, 2.45) is 0 Å². The number of allylic oxidation sites excluding steroid dienone is 1. The van der Waals surface area contributed by atoms with Gasteiger partial charge in [0, 0.05) is 29.8 Å². The third-order valence-corrected chi connectivity index (χ3v) is 5.50. The van der Waals surface area contributed by atoms with Gasteiger partial charge in [-0.05, 0) is 29.2 Å². The van der Waals surface area contributed by atoms with Crippen LogP contribution in [0.4, 0.5) is 5.13 Å².